The summed E-state index contributed by atoms with van der Waals surface area (Å²) in [7, 11) is 0. The van der Waals surface area contributed by atoms with Crippen LogP contribution in [-0.2, 0) is 11.3 Å². The molecule has 0 saturated carbocycles. The SMILES string of the molecule is Cc1noc(C)c1CN1CCC2(CC1)OCCC[C@@H]2O. The van der Waals surface area contributed by atoms with Gasteiger partial charge < -0.3 is 14.4 Å². The van der Waals surface area contributed by atoms with Crippen molar-refractivity contribution >= 4 is 0 Å². The third-order valence-electron chi connectivity index (χ3n) is 4.88. The van der Waals surface area contributed by atoms with Crippen LogP contribution in [0.4, 0.5) is 0 Å². The predicted molar refractivity (Wildman–Crippen MR) is 74.4 cm³/mol. The van der Waals surface area contributed by atoms with Crippen LogP contribution >= 0.6 is 0 Å². The van der Waals surface area contributed by atoms with Gasteiger partial charge in [0.1, 0.15) is 5.76 Å². The molecule has 1 N–H and O–H groups in total. The first-order valence-electron chi connectivity index (χ1n) is 7.57. The molecule has 1 aromatic heterocycles. The van der Waals surface area contributed by atoms with Gasteiger partial charge >= 0.3 is 0 Å². The van der Waals surface area contributed by atoms with Crippen molar-refractivity contribution in [3.63, 3.8) is 0 Å². The molecule has 2 aliphatic heterocycles. The molecular weight excluding hydrogens is 256 g/mol. The van der Waals surface area contributed by atoms with Gasteiger partial charge in [-0.05, 0) is 39.5 Å². The molecule has 3 rings (SSSR count). The Morgan fingerprint density at radius 3 is 2.70 bits per heavy atom. The maximum atomic E-state index is 10.2. The monoisotopic (exact) mass is 280 g/mol. The average Bonchev–Trinajstić information content (AvgIpc) is 2.76. The van der Waals surface area contributed by atoms with Gasteiger partial charge in [0.2, 0.25) is 0 Å². The van der Waals surface area contributed by atoms with E-state index in [9.17, 15) is 5.11 Å². The zero-order chi connectivity index (χ0) is 14.2. The number of likely N-dealkylation sites (tertiary alicyclic amines) is 1. The average molecular weight is 280 g/mol. The number of aliphatic hydroxyl groups is 1. The van der Waals surface area contributed by atoms with Crippen LogP contribution in [0.3, 0.4) is 0 Å². The number of ether oxygens (including phenoxy) is 1. The number of nitrogens with zero attached hydrogens (tertiary/aromatic N) is 2. The second kappa shape index (κ2) is 5.47. The Bertz CT molecular complexity index is 444. The summed E-state index contributed by atoms with van der Waals surface area (Å²) in [6.45, 7) is 7.55. The van der Waals surface area contributed by atoms with Crippen molar-refractivity contribution in [2.75, 3.05) is 19.7 Å². The van der Waals surface area contributed by atoms with E-state index in [0.29, 0.717) is 0 Å². The molecule has 2 aliphatic rings. The van der Waals surface area contributed by atoms with Crippen LogP contribution in [0.5, 0.6) is 0 Å². The Kier molecular flexibility index (Phi) is 3.84. The Balaban J connectivity index is 1.61. The van der Waals surface area contributed by atoms with E-state index in [1.807, 2.05) is 13.8 Å². The summed E-state index contributed by atoms with van der Waals surface area (Å²) in [4.78, 5) is 2.41. The van der Waals surface area contributed by atoms with E-state index in [4.69, 9.17) is 9.26 Å². The second-order valence-corrected chi connectivity index (χ2v) is 6.15. The highest BCUT2D eigenvalue weighted by molar-refractivity contribution is 5.20. The minimum atomic E-state index is -0.294. The van der Waals surface area contributed by atoms with Gasteiger partial charge in [0, 0.05) is 31.8 Å². The molecule has 1 atom stereocenters. The fourth-order valence-electron chi connectivity index (χ4n) is 3.43. The zero-order valence-corrected chi connectivity index (χ0v) is 12.4. The lowest BCUT2D eigenvalue weighted by Crippen LogP contribution is -2.55. The molecule has 0 aromatic carbocycles. The quantitative estimate of drug-likeness (QED) is 0.895. The van der Waals surface area contributed by atoms with Crippen molar-refractivity contribution in [3.05, 3.63) is 17.0 Å². The van der Waals surface area contributed by atoms with Gasteiger partial charge in [0.05, 0.1) is 17.4 Å². The Hall–Kier alpha value is -0.910. The molecule has 0 radical (unpaired) electrons. The summed E-state index contributed by atoms with van der Waals surface area (Å²) in [5.74, 6) is 0.914. The first-order valence-corrected chi connectivity index (χ1v) is 7.57. The zero-order valence-electron chi connectivity index (χ0n) is 12.4. The van der Waals surface area contributed by atoms with Crippen molar-refractivity contribution in [1.29, 1.82) is 0 Å². The van der Waals surface area contributed by atoms with Gasteiger partial charge in [0.15, 0.2) is 0 Å². The van der Waals surface area contributed by atoms with Crippen molar-refractivity contribution in [2.45, 2.75) is 57.8 Å². The largest absolute Gasteiger partial charge is 0.390 e. The molecule has 0 unspecified atom stereocenters. The number of hydrogen-bond acceptors (Lipinski definition) is 5. The highest BCUT2D eigenvalue weighted by Gasteiger charge is 2.43. The van der Waals surface area contributed by atoms with Crippen LogP contribution in [0.25, 0.3) is 0 Å². The Morgan fingerprint density at radius 1 is 1.35 bits per heavy atom. The van der Waals surface area contributed by atoms with E-state index in [-0.39, 0.29) is 11.7 Å². The molecule has 0 aliphatic carbocycles. The van der Waals surface area contributed by atoms with Crippen LogP contribution in [0.15, 0.2) is 4.52 Å². The topological polar surface area (TPSA) is 58.7 Å². The van der Waals surface area contributed by atoms with Gasteiger partial charge in [-0.25, -0.2) is 0 Å². The van der Waals surface area contributed by atoms with Gasteiger partial charge in [0.25, 0.3) is 0 Å². The molecule has 1 aromatic rings. The lowest BCUT2D eigenvalue weighted by Gasteiger charge is -2.46. The summed E-state index contributed by atoms with van der Waals surface area (Å²) >= 11 is 0. The van der Waals surface area contributed by atoms with Gasteiger partial charge in [-0.2, -0.15) is 0 Å². The van der Waals surface area contributed by atoms with E-state index in [0.717, 1.165) is 63.4 Å². The number of aryl methyl sites for hydroxylation is 2. The van der Waals surface area contributed by atoms with Crippen LogP contribution in [-0.4, -0.2) is 46.6 Å². The Morgan fingerprint density at radius 2 is 2.10 bits per heavy atom. The summed E-state index contributed by atoms with van der Waals surface area (Å²) in [6.07, 6.45) is 3.39. The molecule has 2 fully saturated rings. The molecule has 2 saturated heterocycles. The number of aromatic nitrogens is 1. The third kappa shape index (κ3) is 2.50. The summed E-state index contributed by atoms with van der Waals surface area (Å²) < 4.78 is 11.2. The second-order valence-electron chi connectivity index (χ2n) is 6.15. The lowest BCUT2D eigenvalue weighted by atomic mass is 9.82. The minimum absolute atomic E-state index is 0.284. The van der Waals surface area contributed by atoms with Crippen LogP contribution in [0.1, 0.15) is 42.7 Å². The first-order chi connectivity index (χ1) is 9.61. The fourth-order valence-corrected chi connectivity index (χ4v) is 3.43. The molecule has 5 heteroatoms. The van der Waals surface area contributed by atoms with Crippen LogP contribution in [0, 0.1) is 13.8 Å². The highest BCUT2D eigenvalue weighted by Crippen LogP contribution is 2.35. The maximum Gasteiger partial charge on any atom is 0.138 e. The van der Waals surface area contributed by atoms with Crippen LogP contribution < -0.4 is 0 Å². The number of piperidine rings is 1. The van der Waals surface area contributed by atoms with E-state index in [1.54, 1.807) is 0 Å². The minimum Gasteiger partial charge on any atom is -0.390 e. The van der Waals surface area contributed by atoms with Gasteiger partial charge in [-0.3, -0.25) is 4.90 Å². The van der Waals surface area contributed by atoms with Crippen LogP contribution in [0.2, 0.25) is 0 Å². The lowest BCUT2D eigenvalue weighted by molar-refractivity contribution is -0.177. The molecule has 0 bridgehead atoms. The fraction of sp³-hybridized carbons (Fsp3) is 0.800. The van der Waals surface area contributed by atoms with Crippen molar-refractivity contribution in [1.82, 2.24) is 10.1 Å². The molecule has 112 valence electrons. The molecule has 20 heavy (non-hydrogen) atoms. The molecule has 5 nitrogen and oxygen atoms in total. The standard InChI is InChI=1S/C15H24N2O3/c1-11-13(12(2)20-16-11)10-17-7-5-15(6-8-17)14(18)4-3-9-19-15/h14,18H,3-10H2,1-2H3/t14-/m0/s1. The summed E-state index contributed by atoms with van der Waals surface area (Å²) in [5.41, 5.74) is 1.90. The van der Waals surface area contributed by atoms with E-state index >= 15 is 0 Å². The normalized spacial score (nSPS) is 27.1. The number of hydrogen-bond donors (Lipinski definition) is 1. The van der Waals surface area contributed by atoms with Crippen molar-refractivity contribution < 1.29 is 14.4 Å². The summed E-state index contributed by atoms with van der Waals surface area (Å²) in [5, 5.41) is 14.3. The number of aliphatic hydroxyl groups excluding tert-OH is 1. The van der Waals surface area contributed by atoms with E-state index in [2.05, 4.69) is 10.1 Å². The smallest absolute Gasteiger partial charge is 0.138 e. The third-order valence-corrected chi connectivity index (χ3v) is 4.88. The van der Waals surface area contributed by atoms with Crippen molar-refractivity contribution in [3.8, 4) is 0 Å². The molecular formula is C15H24N2O3. The first kappa shape index (κ1) is 14.0. The van der Waals surface area contributed by atoms with Gasteiger partial charge in [-0.15, -0.1) is 0 Å². The molecule has 0 amide bonds. The highest BCUT2D eigenvalue weighted by atomic mass is 16.5. The van der Waals surface area contributed by atoms with Crippen molar-refractivity contribution in [2.24, 2.45) is 0 Å². The molecule has 1 spiro atoms. The summed E-state index contributed by atoms with van der Waals surface area (Å²) in [6, 6.07) is 0. The molecule has 3 heterocycles. The van der Waals surface area contributed by atoms with E-state index in [1.165, 1.54) is 5.56 Å². The predicted octanol–water partition coefficient (Wildman–Crippen LogP) is 1.80. The number of rotatable bonds is 2. The Labute approximate surface area is 119 Å². The van der Waals surface area contributed by atoms with Gasteiger partial charge in [-0.1, -0.05) is 5.16 Å². The van der Waals surface area contributed by atoms with E-state index < -0.39 is 0 Å². The maximum absolute atomic E-state index is 10.2.